The van der Waals surface area contributed by atoms with E-state index in [0.29, 0.717) is 41.2 Å². The Labute approximate surface area is 123 Å². The normalized spacial score (nSPS) is 21.4. The van der Waals surface area contributed by atoms with Crippen molar-refractivity contribution >= 4 is 5.97 Å². The Morgan fingerprint density at radius 3 is 2.33 bits per heavy atom. The first-order valence-electron chi connectivity index (χ1n) is 6.79. The summed E-state index contributed by atoms with van der Waals surface area (Å²) in [6, 6.07) is -0.259. The topological polar surface area (TPSA) is 67.8 Å². The maximum Gasteiger partial charge on any atom is 0.307 e. The zero-order chi connectivity index (χ0) is 15.7. The van der Waals surface area contributed by atoms with E-state index in [1.54, 1.807) is 13.8 Å². The first kappa shape index (κ1) is 15.6. The molecule has 0 amide bonds. The van der Waals surface area contributed by atoms with E-state index in [-0.39, 0.29) is 11.9 Å². The molecule has 0 radical (unpaired) electrons. The fourth-order valence-electron chi connectivity index (χ4n) is 2.97. The molecule has 1 heterocycles. The molecule has 0 aromatic heterocycles. The molecule has 5 nitrogen and oxygen atoms in total. The van der Waals surface area contributed by atoms with Crippen LogP contribution in [0, 0.1) is 25.6 Å². The molecule has 1 aliphatic heterocycles. The van der Waals surface area contributed by atoms with Gasteiger partial charge in [0, 0.05) is 23.7 Å². The molecule has 0 aliphatic carbocycles. The molecule has 116 valence electrons. The van der Waals surface area contributed by atoms with Crippen molar-refractivity contribution in [3.8, 4) is 11.5 Å². The molecule has 1 aliphatic rings. The van der Waals surface area contributed by atoms with Crippen LogP contribution in [0.5, 0.6) is 11.5 Å². The van der Waals surface area contributed by atoms with E-state index < -0.39 is 11.9 Å². The molecule has 1 fully saturated rings. The standard InChI is InChI=1S/C15H20FNO4/c1-7-11(10-5-9(6-17-10)15(18)19)14(21-4)13(20-3)8(2)12(7)16/h9-10,17H,5-6H2,1-4H3,(H,18,19). The second-order valence-corrected chi connectivity index (χ2v) is 5.28. The van der Waals surface area contributed by atoms with Crippen molar-refractivity contribution in [2.75, 3.05) is 20.8 Å². The minimum absolute atomic E-state index is 0.259. The van der Waals surface area contributed by atoms with Gasteiger partial charge in [0.25, 0.3) is 0 Å². The predicted octanol–water partition coefficient (Wildman–Crippen LogP) is 2.19. The molecule has 0 saturated carbocycles. The Hall–Kier alpha value is -1.82. The zero-order valence-electron chi connectivity index (χ0n) is 12.6. The molecule has 21 heavy (non-hydrogen) atoms. The highest BCUT2D eigenvalue weighted by Gasteiger charge is 2.35. The average molecular weight is 297 g/mol. The summed E-state index contributed by atoms with van der Waals surface area (Å²) in [6.45, 7) is 3.67. The van der Waals surface area contributed by atoms with Gasteiger partial charge in [-0.15, -0.1) is 0 Å². The van der Waals surface area contributed by atoms with Crippen molar-refractivity contribution in [1.29, 1.82) is 0 Å². The van der Waals surface area contributed by atoms with E-state index in [2.05, 4.69) is 5.32 Å². The summed E-state index contributed by atoms with van der Waals surface area (Å²) in [5, 5.41) is 12.2. The highest BCUT2D eigenvalue weighted by atomic mass is 19.1. The van der Waals surface area contributed by atoms with Crippen molar-refractivity contribution in [1.82, 2.24) is 5.32 Å². The lowest BCUT2D eigenvalue weighted by Gasteiger charge is -2.22. The van der Waals surface area contributed by atoms with Crippen molar-refractivity contribution < 1.29 is 23.8 Å². The Balaban J connectivity index is 2.53. The van der Waals surface area contributed by atoms with Crippen LogP contribution in [-0.4, -0.2) is 31.8 Å². The van der Waals surface area contributed by atoms with Crippen LogP contribution in [0.15, 0.2) is 0 Å². The van der Waals surface area contributed by atoms with Gasteiger partial charge < -0.3 is 19.9 Å². The minimum atomic E-state index is -0.846. The number of hydrogen-bond acceptors (Lipinski definition) is 4. The van der Waals surface area contributed by atoms with E-state index in [0.717, 1.165) is 0 Å². The van der Waals surface area contributed by atoms with Gasteiger partial charge in [-0.2, -0.15) is 0 Å². The lowest BCUT2D eigenvalue weighted by atomic mass is 9.93. The third kappa shape index (κ3) is 2.55. The number of rotatable bonds is 4. The highest BCUT2D eigenvalue weighted by Crippen LogP contribution is 2.44. The summed E-state index contributed by atoms with van der Waals surface area (Å²) in [4.78, 5) is 11.1. The highest BCUT2D eigenvalue weighted by molar-refractivity contribution is 5.71. The van der Waals surface area contributed by atoms with Gasteiger partial charge in [-0.05, 0) is 25.8 Å². The monoisotopic (exact) mass is 297 g/mol. The first-order chi connectivity index (χ1) is 9.92. The summed E-state index contributed by atoms with van der Waals surface area (Å²) in [7, 11) is 2.97. The van der Waals surface area contributed by atoms with Crippen molar-refractivity contribution in [3.63, 3.8) is 0 Å². The number of carboxylic acids is 1. The lowest BCUT2D eigenvalue weighted by Crippen LogP contribution is -2.18. The van der Waals surface area contributed by atoms with E-state index in [1.807, 2.05) is 0 Å². The largest absolute Gasteiger partial charge is 0.492 e. The quantitative estimate of drug-likeness (QED) is 0.891. The molecular weight excluding hydrogens is 277 g/mol. The molecule has 6 heteroatoms. The van der Waals surface area contributed by atoms with Crippen LogP contribution >= 0.6 is 0 Å². The fraction of sp³-hybridized carbons (Fsp3) is 0.533. The number of benzene rings is 1. The maximum atomic E-state index is 14.4. The maximum absolute atomic E-state index is 14.4. The van der Waals surface area contributed by atoms with Crippen LogP contribution in [0.1, 0.15) is 29.2 Å². The number of nitrogens with one attached hydrogen (secondary N) is 1. The number of aliphatic carboxylic acids is 1. The predicted molar refractivity (Wildman–Crippen MR) is 75.5 cm³/mol. The van der Waals surface area contributed by atoms with Gasteiger partial charge in [0.05, 0.1) is 20.1 Å². The van der Waals surface area contributed by atoms with Crippen LogP contribution in [-0.2, 0) is 4.79 Å². The molecular formula is C15H20FNO4. The third-order valence-corrected chi connectivity index (χ3v) is 4.09. The van der Waals surface area contributed by atoms with Gasteiger partial charge >= 0.3 is 5.97 Å². The van der Waals surface area contributed by atoms with Crippen LogP contribution < -0.4 is 14.8 Å². The van der Waals surface area contributed by atoms with Crippen LogP contribution in [0.4, 0.5) is 4.39 Å². The van der Waals surface area contributed by atoms with Gasteiger partial charge in [-0.1, -0.05) is 0 Å². The van der Waals surface area contributed by atoms with Gasteiger partial charge in [0.2, 0.25) is 0 Å². The molecule has 1 aromatic rings. The van der Waals surface area contributed by atoms with E-state index in [9.17, 15) is 9.18 Å². The van der Waals surface area contributed by atoms with Crippen molar-refractivity contribution in [2.45, 2.75) is 26.3 Å². The summed E-state index contributed by atoms with van der Waals surface area (Å²) in [6.07, 6.45) is 0.401. The number of ether oxygens (including phenoxy) is 2. The van der Waals surface area contributed by atoms with Gasteiger partial charge in [-0.25, -0.2) is 4.39 Å². The summed E-state index contributed by atoms with van der Waals surface area (Å²) < 4.78 is 25.1. The zero-order valence-corrected chi connectivity index (χ0v) is 12.6. The van der Waals surface area contributed by atoms with Crippen LogP contribution in [0.3, 0.4) is 0 Å². The average Bonchev–Trinajstić information content (AvgIpc) is 2.94. The molecule has 2 rings (SSSR count). The van der Waals surface area contributed by atoms with Crippen molar-refractivity contribution in [2.24, 2.45) is 5.92 Å². The Kier molecular flexibility index (Phi) is 4.37. The van der Waals surface area contributed by atoms with Crippen LogP contribution in [0.25, 0.3) is 0 Å². The molecule has 0 bridgehead atoms. The Morgan fingerprint density at radius 1 is 1.24 bits per heavy atom. The summed E-state index contributed by atoms with van der Waals surface area (Å²) in [5.74, 6) is -0.840. The molecule has 0 spiro atoms. The van der Waals surface area contributed by atoms with Gasteiger partial charge in [0.1, 0.15) is 5.82 Å². The number of hydrogen-bond donors (Lipinski definition) is 2. The molecule has 2 atom stereocenters. The number of methoxy groups -OCH3 is 2. The number of carboxylic acid groups (broad SMARTS) is 1. The second kappa shape index (κ2) is 5.89. The van der Waals surface area contributed by atoms with Gasteiger partial charge in [0.15, 0.2) is 11.5 Å². The summed E-state index contributed by atoms with van der Waals surface area (Å²) >= 11 is 0. The number of halogens is 1. The SMILES string of the molecule is COc1c(C)c(F)c(C)c(C2CC(C(=O)O)CN2)c1OC. The second-order valence-electron chi connectivity index (χ2n) is 5.28. The molecule has 2 N–H and O–H groups in total. The molecule has 2 unspecified atom stereocenters. The first-order valence-corrected chi connectivity index (χ1v) is 6.79. The smallest absolute Gasteiger partial charge is 0.307 e. The molecule has 1 aromatic carbocycles. The fourth-order valence-corrected chi connectivity index (χ4v) is 2.97. The Bertz CT molecular complexity index is 574. The number of carbonyl (C=O) groups is 1. The van der Waals surface area contributed by atoms with Crippen molar-refractivity contribution in [3.05, 3.63) is 22.5 Å². The van der Waals surface area contributed by atoms with E-state index in [4.69, 9.17) is 14.6 Å². The Morgan fingerprint density at radius 2 is 1.86 bits per heavy atom. The third-order valence-electron chi connectivity index (χ3n) is 4.09. The van der Waals surface area contributed by atoms with Gasteiger partial charge in [-0.3, -0.25) is 4.79 Å². The molecule has 1 saturated heterocycles. The summed E-state index contributed by atoms with van der Waals surface area (Å²) in [5.41, 5.74) is 1.50. The lowest BCUT2D eigenvalue weighted by molar-refractivity contribution is -0.141. The minimum Gasteiger partial charge on any atom is -0.492 e. The van der Waals surface area contributed by atoms with Crippen LogP contribution in [0.2, 0.25) is 0 Å². The van der Waals surface area contributed by atoms with E-state index in [1.165, 1.54) is 14.2 Å². The van der Waals surface area contributed by atoms with E-state index >= 15 is 0 Å².